The lowest BCUT2D eigenvalue weighted by Crippen LogP contribution is -1.94. The highest BCUT2D eigenvalue weighted by Gasteiger charge is 2.02. The molecule has 0 saturated heterocycles. The van der Waals surface area contributed by atoms with Gasteiger partial charge in [0.2, 0.25) is 5.95 Å². The molecule has 18 heavy (non-hydrogen) atoms. The molecule has 2 aromatic heterocycles. The van der Waals surface area contributed by atoms with E-state index in [1.54, 1.807) is 12.4 Å². The molecule has 4 nitrogen and oxygen atoms in total. The van der Waals surface area contributed by atoms with E-state index < -0.39 is 0 Å². The van der Waals surface area contributed by atoms with Crippen LogP contribution < -0.4 is 5.73 Å². The molecule has 0 atom stereocenters. The number of nitrogens with two attached hydrogens (primary N) is 1. The van der Waals surface area contributed by atoms with Crippen LogP contribution in [0.4, 0.5) is 5.95 Å². The molecule has 0 aliphatic carbocycles. The highest BCUT2D eigenvalue weighted by Crippen LogP contribution is 2.24. The number of hydrogen-bond acceptors (Lipinski definition) is 4. The molecule has 3 aromatic rings. The van der Waals surface area contributed by atoms with Gasteiger partial charge >= 0.3 is 0 Å². The smallest absolute Gasteiger partial charge is 0.220 e. The van der Waals surface area contributed by atoms with Gasteiger partial charge in [0.15, 0.2) is 0 Å². The maximum atomic E-state index is 5.88. The van der Waals surface area contributed by atoms with Gasteiger partial charge in [-0.15, -0.1) is 0 Å². The van der Waals surface area contributed by atoms with Crippen LogP contribution in [0.25, 0.3) is 22.0 Å². The first kappa shape index (κ1) is 10.9. The van der Waals surface area contributed by atoms with Crippen molar-refractivity contribution in [2.45, 2.75) is 0 Å². The molecule has 0 amide bonds. The summed E-state index contributed by atoms with van der Waals surface area (Å²) in [6, 6.07) is 9.62. The Morgan fingerprint density at radius 1 is 1.00 bits per heavy atom. The Hall–Kier alpha value is -2.20. The van der Waals surface area contributed by atoms with Crippen molar-refractivity contribution in [2.24, 2.45) is 0 Å². The number of nitrogens with zero attached hydrogens (tertiary/aromatic N) is 3. The van der Waals surface area contributed by atoms with Crippen molar-refractivity contribution in [1.82, 2.24) is 15.0 Å². The van der Waals surface area contributed by atoms with E-state index in [0.29, 0.717) is 5.15 Å². The highest BCUT2D eigenvalue weighted by molar-refractivity contribution is 6.29. The van der Waals surface area contributed by atoms with Crippen molar-refractivity contribution in [3.05, 3.63) is 47.9 Å². The van der Waals surface area contributed by atoms with Gasteiger partial charge in [-0.2, -0.15) is 0 Å². The number of rotatable bonds is 1. The van der Waals surface area contributed by atoms with Gasteiger partial charge in [-0.3, -0.25) is 0 Å². The third-order valence-corrected chi connectivity index (χ3v) is 2.87. The third kappa shape index (κ3) is 1.98. The summed E-state index contributed by atoms with van der Waals surface area (Å²) in [5.74, 6) is 0.280. The van der Waals surface area contributed by atoms with Crippen molar-refractivity contribution in [1.29, 1.82) is 0 Å². The summed E-state index contributed by atoms with van der Waals surface area (Å²) in [6.07, 6.45) is 3.39. The first-order chi connectivity index (χ1) is 8.72. The van der Waals surface area contributed by atoms with Crippen LogP contribution in [0.2, 0.25) is 5.15 Å². The monoisotopic (exact) mass is 256 g/mol. The fourth-order valence-electron chi connectivity index (χ4n) is 1.81. The van der Waals surface area contributed by atoms with Crippen molar-refractivity contribution < 1.29 is 0 Å². The minimum atomic E-state index is 0.280. The van der Waals surface area contributed by atoms with Crippen LogP contribution >= 0.6 is 11.6 Å². The average molecular weight is 257 g/mol. The minimum absolute atomic E-state index is 0.280. The van der Waals surface area contributed by atoms with E-state index in [-0.39, 0.29) is 5.95 Å². The minimum Gasteiger partial charge on any atom is -0.368 e. The molecule has 0 bridgehead atoms. The normalized spacial score (nSPS) is 10.7. The average Bonchev–Trinajstić information content (AvgIpc) is 2.38. The zero-order chi connectivity index (χ0) is 12.5. The van der Waals surface area contributed by atoms with Gasteiger partial charge in [-0.1, -0.05) is 17.7 Å². The summed E-state index contributed by atoms with van der Waals surface area (Å²) in [4.78, 5) is 12.1. The summed E-state index contributed by atoms with van der Waals surface area (Å²) in [5.41, 5.74) is 8.42. The van der Waals surface area contributed by atoms with Crippen LogP contribution in [0.5, 0.6) is 0 Å². The molecule has 3 rings (SSSR count). The summed E-state index contributed by atoms with van der Waals surface area (Å²) >= 11 is 5.88. The van der Waals surface area contributed by atoms with E-state index in [2.05, 4.69) is 15.0 Å². The molecule has 2 N–H and O–H groups in total. The van der Waals surface area contributed by atoms with E-state index in [9.17, 15) is 0 Å². The lowest BCUT2D eigenvalue weighted by atomic mass is 10.1. The number of fused-ring (bicyclic) bond motifs is 1. The Morgan fingerprint density at radius 3 is 2.67 bits per heavy atom. The lowest BCUT2D eigenvalue weighted by molar-refractivity contribution is 1.24. The molecule has 0 fully saturated rings. The van der Waals surface area contributed by atoms with Crippen LogP contribution in [-0.2, 0) is 0 Å². The molecular weight excluding hydrogens is 248 g/mol. The fraction of sp³-hybridized carbons (Fsp3) is 0. The fourth-order valence-corrected chi connectivity index (χ4v) is 1.98. The first-order valence-corrected chi connectivity index (χ1v) is 5.74. The third-order valence-electron chi connectivity index (χ3n) is 2.66. The second-order valence-electron chi connectivity index (χ2n) is 3.87. The van der Waals surface area contributed by atoms with Gasteiger partial charge in [0.1, 0.15) is 5.15 Å². The van der Waals surface area contributed by atoms with Gasteiger partial charge < -0.3 is 5.73 Å². The van der Waals surface area contributed by atoms with Gasteiger partial charge in [0.25, 0.3) is 0 Å². The molecule has 88 valence electrons. The van der Waals surface area contributed by atoms with Crippen LogP contribution in [-0.4, -0.2) is 15.0 Å². The molecule has 0 radical (unpaired) electrons. The van der Waals surface area contributed by atoms with E-state index in [1.807, 2.05) is 30.3 Å². The summed E-state index contributed by atoms with van der Waals surface area (Å²) in [6.45, 7) is 0. The van der Waals surface area contributed by atoms with Crippen molar-refractivity contribution in [2.75, 3.05) is 5.73 Å². The van der Waals surface area contributed by atoms with Crippen LogP contribution in [0.1, 0.15) is 0 Å². The van der Waals surface area contributed by atoms with Crippen molar-refractivity contribution >= 4 is 28.5 Å². The number of halogens is 1. The van der Waals surface area contributed by atoms with Crippen LogP contribution in [0, 0.1) is 0 Å². The van der Waals surface area contributed by atoms with Gasteiger partial charge in [0.05, 0.1) is 5.52 Å². The second-order valence-corrected chi connectivity index (χ2v) is 4.26. The quantitative estimate of drug-likeness (QED) is 0.680. The predicted molar refractivity (Wildman–Crippen MR) is 72.2 cm³/mol. The molecular formula is C13H9ClN4. The van der Waals surface area contributed by atoms with E-state index >= 15 is 0 Å². The molecule has 0 aliphatic rings. The maximum Gasteiger partial charge on any atom is 0.220 e. The zero-order valence-corrected chi connectivity index (χ0v) is 10.1. The molecule has 2 heterocycles. The molecule has 0 saturated carbocycles. The molecule has 0 unspecified atom stereocenters. The number of benzene rings is 1. The highest BCUT2D eigenvalue weighted by atomic mass is 35.5. The van der Waals surface area contributed by atoms with Crippen LogP contribution in [0.3, 0.4) is 0 Å². The van der Waals surface area contributed by atoms with E-state index in [0.717, 1.165) is 22.0 Å². The SMILES string of the molecule is Nc1ncc2cc(-c3ccnc(Cl)c3)ccc2n1. The molecule has 5 heteroatoms. The second kappa shape index (κ2) is 4.23. The summed E-state index contributed by atoms with van der Waals surface area (Å²) in [7, 11) is 0. The van der Waals surface area contributed by atoms with E-state index in [1.165, 1.54) is 0 Å². The Bertz CT molecular complexity index is 727. The Morgan fingerprint density at radius 2 is 1.83 bits per heavy atom. The number of nitrogen functional groups attached to an aromatic ring is 1. The standard InChI is InChI=1S/C13H9ClN4/c14-12-6-9(3-4-16-12)8-1-2-11-10(5-8)7-17-13(15)18-11/h1-7H,(H2,15,17,18). The number of hydrogen-bond donors (Lipinski definition) is 1. The Balaban J connectivity index is 2.16. The Labute approximate surface area is 108 Å². The number of anilines is 1. The zero-order valence-electron chi connectivity index (χ0n) is 9.34. The number of pyridine rings is 1. The number of aromatic nitrogens is 3. The summed E-state index contributed by atoms with van der Waals surface area (Å²) in [5, 5.41) is 1.41. The van der Waals surface area contributed by atoms with Gasteiger partial charge in [-0.25, -0.2) is 15.0 Å². The summed E-state index contributed by atoms with van der Waals surface area (Å²) < 4.78 is 0. The van der Waals surface area contributed by atoms with Crippen LogP contribution in [0.15, 0.2) is 42.7 Å². The topological polar surface area (TPSA) is 64.7 Å². The first-order valence-electron chi connectivity index (χ1n) is 5.36. The molecule has 0 spiro atoms. The Kier molecular flexibility index (Phi) is 2.57. The van der Waals surface area contributed by atoms with Crippen molar-refractivity contribution in [3.8, 4) is 11.1 Å². The molecule has 0 aliphatic heterocycles. The maximum absolute atomic E-state index is 5.88. The van der Waals surface area contributed by atoms with Crippen molar-refractivity contribution in [3.63, 3.8) is 0 Å². The van der Waals surface area contributed by atoms with Gasteiger partial charge in [0, 0.05) is 17.8 Å². The van der Waals surface area contributed by atoms with Gasteiger partial charge in [-0.05, 0) is 35.4 Å². The predicted octanol–water partition coefficient (Wildman–Crippen LogP) is 2.93. The molecule has 1 aromatic carbocycles. The largest absolute Gasteiger partial charge is 0.368 e. The lowest BCUT2D eigenvalue weighted by Gasteiger charge is -2.04. The van der Waals surface area contributed by atoms with E-state index in [4.69, 9.17) is 17.3 Å².